The largest absolute Gasteiger partial charge is 0.494 e. The van der Waals surface area contributed by atoms with E-state index in [-0.39, 0.29) is 7.12 Å². The first-order valence-electron chi connectivity index (χ1n) is 8.29. The van der Waals surface area contributed by atoms with Crippen molar-refractivity contribution < 1.29 is 14.0 Å². The lowest BCUT2D eigenvalue weighted by atomic mass is 9.77. The summed E-state index contributed by atoms with van der Waals surface area (Å²) >= 11 is 0. The van der Waals surface area contributed by atoms with Crippen LogP contribution in [0.1, 0.15) is 46.0 Å². The standard InChI is InChI=1S/C17H27BO3/c1-3-5-6-7-15-13-20-18(21-14-15)16-8-10-17(11-9-16)19-12-4-2/h8-11,15H,3-7,12-14H2,1-2H3. The molecule has 0 N–H and O–H groups in total. The van der Waals surface area contributed by atoms with Crippen LogP contribution in [-0.4, -0.2) is 26.9 Å². The molecular formula is C17H27BO3. The Bertz CT molecular complexity index is 386. The van der Waals surface area contributed by atoms with Crippen LogP contribution in [0.5, 0.6) is 5.75 Å². The van der Waals surface area contributed by atoms with Gasteiger partial charge in [0.1, 0.15) is 5.75 Å². The van der Waals surface area contributed by atoms with E-state index in [9.17, 15) is 0 Å². The highest BCUT2D eigenvalue weighted by Crippen LogP contribution is 2.17. The molecule has 116 valence electrons. The Kier molecular flexibility index (Phi) is 7.10. The van der Waals surface area contributed by atoms with Gasteiger partial charge < -0.3 is 14.0 Å². The Morgan fingerprint density at radius 2 is 1.76 bits per heavy atom. The van der Waals surface area contributed by atoms with Gasteiger partial charge in [-0.25, -0.2) is 0 Å². The van der Waals surface area contributed by atoms with Crippen molar-refractivity contribution in [1.82, 2.24) is 0 Å². The maximum absolute atomic E-state index is 5.87. The van der Waals surface area contributed by atoms with Crippen molar-refractivity contribution in [2.75, 3.05) is 19.8 Å². The lowest BCUT2D eigenvalue weighted by Crippen LogP contribution is -2.44. The van der Waals surface area contributed by atoms with E-state index in [0.29, 0.717) is 5.92 Å². The number of hydrogen-bond donors (Lipinski definition) is 0. The second kappa shape index (κ2) is 9.11. The van der Waals surface area contributed by atoms with Gasteiger partial charge in [0.25, 0.3) is 0 Å². The molecule has 0 unspecified atom stereocenters. The van der Waals surface area contributed by atoms with Crippen LogP contribution in [-0.2, 0) is 9.31 Å². The third-order valence-electron chi connectivity index (χ3n) is 3.81. The van der Waals surface area contributed by atoms with Crippen LogP contribution in [0, 0.1) is 5.92 Å². The summed E-state index contributed by atoms with van der Waals surface area (Å²) in [7, 11) is -0.215. The smallest absolute Gasteiger partial charge is 0.493 e. The van der Waals surface area contributed by atoms with E-state index in [0.717, 1.165) is 37.5 Å². The Balaban J connectivity index is 1.76. The number of hydrogen-bond acceptors (Lipinski definition) is 3. The van der Waals surface area contributed by atoms with E-state index >= 15 is 0 Å². The van der Waals surface area contributed by atoms with Crippen molar-refractivity contribution in [1.29, 1.82) is 0 Å². The van der Waals surface area contributed by atoms with Crippen LogP contribution in [0.4, 0.5) is 0 Å². The molecule has 1 saturated heterocycles. The fraction of sp³-hybridized carbons (Fsp3) is 0.647. The van der Waals surface area contributed by atoms with Crippen molar-refractivity contribution in [2.45, 2.75) is 46.0 Å². The van der Waals surface area contributed by atoms with Gasteiger partial charge in [-0.15, -0.1) is 0 Å². The van der Waals surface area contributed by atoms with Crippen LogP contribution in [0.2, 0.25) is 0 Å². The van der Waals surface area contributed by atoms with Crippen molar-refractivity contribution in [2.24, 2.45) is 5.92 Å². The Morgan fingerprint density at radius 3 is 2.38 bits per heavy atom. The molecule has 0 aromatic heterocycles. The fourth-order valence-corrected chi connectivity index (χ4v) is 2.53. The maximum atomic E-state index is 5.87. The van der Waals surface area contributed by atoms with Crippen molar-refractivity contribution >= 4 is 12.6 Å². The van der Waals surface area contributed by atoms with E-state index in [1.54, 1.807) is 0 Å². The van der Waals surface area contributed by atoms with Gasteiger partial charge in [-0.05, 0) is 30.4 Å². The van der Waals surface area contributed by atoms with Gasteiger partial charge in [-0.2, -0.15) is 0 Å². The molecule has 0 amide bonds. The van der Waals surface area contributed by atoms with Crippen LogP contribution >= 0.6 is 0 Å². The Morgan fingerprint density at radius 1 is 1.05 bits per heavy atom. The molecule has 1 aliphatic rings. The topological polar surface area (TPSA) is 27.7 Å². The lowest BCUT2D eigenvalue weighted by Gasteiger charge is -2.27. The Labute approximate surface area is 129 Å². The summed E-state index contributed by atoms with van der Waals surface area (Å²) in [6, 6.07) is 8.05. The summed E-state index contributed by atoms with van der Waals surface area (Å²) in [4.78, 5) is 0. The third kappa shape index (κ3) is 5.37. The lowest BCUT2D eigenvalue weighted by molar-refractivity contribution is 0.0811. The van der Waals surface area contributed by atoms with Crippen LogP contribution in [0.3, 0.4) is 0 Å². The zero-order valence-electron chi connectivity index (χ0n) is 13.3. The molecule has 0 atom stereocenters. The number of rotatable bonds is 8. The molecule has 1 heterocycles. The van der Waals surface area contributed by atoms with Gasteiger partial charge >= 0.3 is 7.12 Å². The van der Waals surface area contributed by atoms with E-state index in [1.807, 2.05) is 24.3 Å². The van der Waals surface area contributed by atoms with Crippen LogP contribution in [0.25, 0.3) is 0 Å². The minimum atomic E-state index is -0.215. The molecule has 1 aliphatic heterocycles. The Hall–Kier alpha value is -0.995. The quantitative estimate of drug-likeness (QED) is 0.542. The second-order valence-corrected chi connectivity index (χ2v) is 5.78. The van der Waals surface area contributed by atoms with Gasteiger partial charge in [0.05, 0.1) is 6.61 Å². The van der Waals surface area contributed by atoms with E-state index in [1.165, 1.54) is 25.7 Å². The molecule has 0 aliphatic carbocycles. The first-order chi connectivity index (χ1) is 10.3. The van der Waals surface area contributed by atoms with E-state index in [2.05, 4.69) is 13.8 Å². The average Bonchev–Trinajstić information content (AvgIpc) is 2.54. The fourth-order valence-electron chi connectivity index (χ4n) is 2.53. The predicted molar refractivity (Wildman–Crippen MR) is 87.2 cm³/mol. The molecule has 0 radical (unpaired) electrons. The molecule has 0 bridgehead atoms. The number of benzene rings is 1. The molecule has 4 heteroatoms. The molecule has 21 heavy (non-hydrogen) atoms. The zero-order chi connectivity index (χ0) is 14.9. The monoisotopic (exact) mass is 290 g/mol. The predicted octanol–water partition coefficient (Wildman–Crippen LogP) is 3.41. The van der Waals surface area contributed by atoms with Gasteiger partial charge in [0.2, 0.25) is 0 Å². The van der Waals surface area contributed by atoms with Gasteiger partial charge in [-0.1, -0.05) is 45.2 Å². The van der Waals surface area contributed by atoms with Crippen molar-refractivity contribution in [3.05, 3.63) is 24.3 Å². The van der Waals surface area contributed by atoms with E-state index < -0.39 is 0 Å². The second-order valence-electron chi connectivity index (χ2n) is 5.78. The molecule has 3 nitrogen and oxygen atoms in total. The molecule has 0 spiro atoms. The minimum Gasteiger partial charge on any atom is -0.494 e. The summed E-state index contributed by atoms with van der Waals surface area (Å²) in [5.41, 5.74) is 1.07. The summed E-state index contributed by atoms with van der Waals surface area (Å²) < 4.78 is 17.3. The van der Waals surface area contributed by atoms with Gasteiger partial charge in [-0.3, -0.25) is 0 Å². The molecule has 1 aromatic rings. The molecule has 2 rings (SSSR count). The van der Waals surface area contributed by atoms with Gasteiger partial charge in [0, 0.05) is 19.1 Å². The minimum absolute atomic E-state index is 0.215. The highest BCUT2D eigenvalue weighted by Gasteiger charge is 2.28. The SMILES string of the molecule is CCCCCC1COB(c2ccc(OCCC)cc2)OC1. The maximum Gasteiger partial charge on any atom is 0.493 e. The molecule has 1 fully saturated rings. The highest BCUT2D eigenvalue weighted by molar-refractivity contribution is 6.61. The summed E-state index contributed by atoms with van der Waals surface area (Å²) in [5.74, 6) is 1.47. The summed E-state index contributed by atoms with van der Waals surface area (Å²) in [6.07, 6.45) is 6.09. The zero-order valence-corrected chi connectivity index (χ0v) is 13.3. The first kappa shape index (κ1) is 16.4. The number of ether oxygens (including phenoxy) is 1. The summed E-state index contributed by atoms with van der Waals surface area (Å²) in [5, 5.41) is 0. The normalized spacial score (nSPS) is 16.2. The van der Waals surface area contributed by atoms with Crippen molar-refractivity contribution in [3.63, 3.8) is 0 Å². The van der Waals surface area contributed by atoms with E-state index in [4.69, 9.17) is 14.0 Å². The van der Waals surface area contributed by atoms with Crippen LogP contribution < -0.4 is 10.2 Å². The number of unbranched alkanes of at least 4 members (excludes halogenated alkanes) is 2. The first-order valence-corrected chi connectivity index (χ1v) is 8.29. The molecule has 0 saturated carbocycles. The average molecular weight is 290 g/mol. The summed E-state index contributed by atoms with van der Waals surface area (Å²) in [6.45, 7) is 6.72. The van der Waals surface area contributed by atoms with Crippen molar-refractivity contribution in [3.8, 4) is 5.75 Å². The third-order valence-corrected chi connectivity index (χ3v) is 3.81. The van der Waals surface area contributed by atoms with Crippen LogP contribution in [0.15, 0.2) is 24.3 Å². The molecular weight excluding hydrogens is 263 g/mol. The highest BCUT2D eigenvalue weighted by atomic mass is 16.6. The molecule has 1 aromatic carbocycles. The van der Waals surface area contributed by atoms with Gasteiger partial charge in [0.15, 0.2) is 0 Å².